The number of carbonyl (C=O) groups is 2. The van der Waals surface area contributed by atoms with Gasteiger partial charge in [0, 0.05) is 36.3 Å². The van der Waals surface area contributed by atoms with E-state index >= 15 is 0 Å². The van der Waals surface area contributed by atoms with E-state index < -0.39 is 0 Å². The molecule has 0 aliphatic heterocycles. The smallest absolute Gasteiger partial charge is 0.255 e. The summed E-state index contributed by atoms with van der Waals surface area (Å²) >= 11 is 3.51. The molecule has 0 aliphatic rings. The van der Waals surface area contributed by atoms with Crippen LogP contribution in [0.3, 0.4) is 0 Å². The van der Waals surface area contributed by atoms with E-state index in [9.17, 15) is 9.59 Å². The molecule has 0 aliphatic carbocycles. The largest absolute Gasteiger partial charge is 0.492 e. The van der Waals surface area contributed by atoms with Gasteiger partial charge in [0.25, 0.3) is 11.8 Å². The van der Waals surface area contributed by atoms with Crippen molar-refractivity contribution in [2.24, 2.45) is 0 Å². The van der Waals surface area contributed by atoms with Gasteiger partial charge in [0.05, 0.1) is 11.1 Å². The summed E-state index contributed by atoms with van der Waals surface area (Å²) in [4.78, 5) is 27.6. The first-order valence-corrected chi connectivity index (χ1v) is 12.5. The molecule has 5 nitrogen and oxygen atoms in total. The molecule has 0 fully saturated rings. The van der Waals surface area contributed by atoms with E-state index in [2.05, 4.69) is 47.2 Å². The molecule has 3 aromatic carbocycles. The summed E-state index contributed by atoms with van der Waals surface area (Å²) in [5.41, 5.74) is 2.87. The van der Waals surface area contributed by atoms with Gasteiger partial charge in [0.15, 0.2) is 0 Å². The number of carbonyl (C=O) groups excluding carboxylic acids is 2. The number of ether oxygens (including phenoxy) is 1. The summed E-state index contributed by atoms with van der Waals surface area (Å²) in [6.07, 6.45) is 2.62. The van der Waals surface area contributed by atoms with Crippen LogP contribution in [0.1, 0.15) is 53.0 Å². The lowest BCUT2D eigenvalue weighted by Gasteiger charge is -2.21. The minimum Gasteiger partial charge on any atom is -0.492 e. The van der Waals surface area contributed by atoms with Crippen LogP contribution in [-0.4, -0.2) is 36.4 Å². The SMILES string of the molecule is CCCN(CCC)C(=O)c1cccc(NC(=O)c2ccc(OCCc3ccccc3)c(Br)c2)c1. The topological polar surface area (TPSA) is 58.6 Å². The van der Waals surface area contributed by atoms with Crippen LogP contribution in [0, 0.1) is 0 Å². The lowest BCUT2D eigenvalue weighted by molar-refractivity contribution is 0.0755. The van der Waals surface area contributed by atoms with Gasteiger partial charge in [-0.2, -0.15) is 0 Å². The van der Waals surface area contributed by atoms with Crippen molar-refractivity contribution in [1.29, 1.82) is 0 Å². The summed E-state index contributed by atoms with van der Waals surface area (Å²) in [6, 6.07) is 22.5. The highest BCUT2D eigenvalue weighted by atomic mass is 79.9. The van der Waals surface area contributed by atoms with Gasteiger partial charge in [0.2, 0.25) is 0 Å². The Kier molecular flexibility index (Phi) is 9.71. The third kappa shape index (κ3) is 7.19. The highest BCUT2D eigenvalue weighted by molar-refractivity contribution is 9.10. The zero-order chi connectivity index (χ0) is 24.3. The first kappa shape index (κ1) is 25.5. The molecule has 0 unspecified atom stereocenters. The highest BCUT2D eigenvalue weighted by Gasteiger charge is 2.16. The Morgan fingerprint density at radius 1 is 0.882 bits per heavy atom. The molecule has 34 heavy (non-hydrogen) atoms. The molecule has 0 spiro atoms. The molecule has 1 N–H and O–H groups in total. The molecule has 178 valence electrons. The van der Waals surface area contributed by atoms with Crippen molar-refractivity contribution >= 4 is 33.4 Å². The van der Waals surface area contributed by atoms with Crippen molar-refractivity contribution in [3.05, 3.63) is 94.0 Å². The Hall–Kier alpha value is -3.12. The third-order valence-electron chi connectivity index (χ3n) is 5.33. The van der Waals surface area contributed by atoms with E-state index in [1.807, 2.05) is 23.1 Å². The number of anilines is 1. The van der Waals surface area contributed by atoms with Crippen LogP contribution >= 0.6 is 15.9 Å². The molecular formula is C28H31BrN2O3. The maximum absolute atomic E-state index is 12.9. The first-order chi connectivity index (χ1) is 16.5. The lowest BCUT2D eigenvalue weighted by atomic mass is 10.1. The van der Waals surface area contributed by atoms with E-state index in [1.165, 1.54) is 5.56 Å². The molecule has 2 amide bonds. The predicted octanol–water partition coefficient (Wildman–Crippen LogP) is 6.59. The Morgan fingerprint density at radius 3 is 2.29 bits per heavy atom. The number of hydrogen-bond acceptors (Lipinski definition) is 3. The highest BCUT2D eigenvalue weighted by Crippen LogP contribution is 2.27. The number of nitrogens with one attached hydrogen (secondary N) is 1. The number of rotatable bonds is 11. The molecule has 3 rings (SSSR count). The van der Waals surface area contributed by atoms with Crippen LogP contribution in [0.4, 0.5) is 5.69 Å². The third-order valence-corrected chi connectivity index (χ3v) is 5.95. The van der Waals surface area contributed by atoms with Gasteiger partial charge in [-0.15, -0.1) is 0 Å². The van der Waals surface area contributed by atoms with E-state index in [-0.39, 0.29) is 11.8 Å². The predicted molar refractivity (Wildman–Crippen MR) is 141 cm³/mol. The zero-order valence-corrected chi connectivity index (χ0v) is 21.3. The average Bonchev–Trinajstić information content (AvgIpc) is 2.85. The number of hydrogen-bond donors (Lipinski definition) is 1. The van der Waals surface area contributed by atoms with Gasteiger partial charge in [-0.05, 0) is 70.7 Å². The second kappa shape index (κ2) is 12.9. The molecule has 0 bridgehead atoms. The summed E-state index contributed by atoms with van der Waals surface area (Å²) in [5.74, 6) is 0.423. The minimum absolute atomic E-state index is 0.0143. The molecule has 0 aromatic heterocycles. The molecule has 0 saturated heterocycles. The lowest BCUT2D eigenvalue weighted by Crippen LogP contribution is -2.32. The number of halogens is 1. The standard InChI is InChI=1S/C28H31BrN2O3/c1-3-16-31(17-4-2)28(33)23-11-8-12-24(19-23)30-27(32)22-13-14-26(25(29)20-22)34-18-15-21-9-6-5-7-10-21/h5-14,19-20H,3-4,15-18H2,1-2H3,(H,30,32). The van der Waals surface area contributed by atoms with Crippen molar-refractivity contribution < 1.29 is 14.3 Å². The monoisotopic (exact) mass is 522 g/mol. The Morgan fingerprint density at radius 2 is 1.62 bits per heavy atom. The molecule has 0 radical (unpaired) electrons. The van der Waals surface area contributed by atoms with Crippen LogP contribution in [0.15, 0.2) is 77.3 Å². The first-order valence-electron chi connectivity index (χ1n) is 11.7. The summed E-state index contributed by atoms with van der Waals surface area (Å²) < 4.78 is 6.59. The van der Waals surface area contributed by atoms with E-state index in [0.29, 0.717) is 33.6 Å². The normalized spacial score (nSPS) is 10.6. The van der Waals surface area contributed by atoms with Crippen molar-refractivity contribution in [3.63, 3.8) is 0 Å². The second-order valence-corrected chi connectivity index (χ2v) is 8.91. The fourth-order valence-electron chi connectivity index (χ4n) is 3.65. The molecule has 6 heteroatoms. The van der Waals surface area contributed by atoms with E-state index in [4.69, 9.17) is 4.74 Å². The van der Waals surface area contributed by atoms with Gasteiger partial charge in [0.1, 0.15) is 5.75 Å². The van der Waals surface area contributed by atoms with Gasteiger partial charge in [-0.25, -0.2) is 0 Å². The molecule has 0 heterocycles. The maximum Gasteiger partial charge on any atom is 0.255 e. The van der Waals surface area contributed by atoms with E-state index in [1.54, 1.807) is 42.5 Å². The van der Waals surface area contributed by atoms with Crippen LogP contribution in [0.25, 0.3) is 0 Å². The average molecular weight is 523 g/mol. The second-order valence-electron chi connectivity index (χ2n) is 8.06. The van der Waals surface area contributed by atoms with E-state index in [0.717, 1.165) is 32.4 Å². The maximum atomic E-state index is 12.9. The molecular weight excluding hydrogens is 492 g/mol. The zero-order valence-electron chi connectivity index (χ0n) is 19.7. The van der Waals surface area contributed by atoms with Crippen LogP contribution in [0.5, 0.6) is 5.75 Å². The van der Waals surface area contributed by atoms with Gasteiger partial charge < -0.3 is 15.0 Å². The Bertz CT molecular complexity index is 1100. The van der Waals surface area contributed by atoms with Crippen LogP contribution < -0.4 is 10.1 Å². The molecule has 0 saturated carbocycles. The fraction of sp³-hybridized carbons (Fsp3) is 0.286. The molecule has 3 aromatic rings. The number of nitrogens with zero attached hydrogens (tertiary/aromatic N) is 1. The fourth-order valence-corrected chi connectivity index (χ4v) is 4.15. The summed E-state index contributed by atoms with van der Waals surface area (Å²) in [5, 5.41) is 2.90. The van der Waals surface area contributed by atoms with Crippen molar-refractivity contribution in [3.8, 4) is 5.75 Å². The Balaban J connectivity index is 1.62. The number of benzene rings is 3. The van der Waals surface area contributed by atoms with Crippen LogP contribution in [-0.2, 0) is 6.42 Å². The van der Waals surface area contributed by atoms with Gasteiger partial charge in [-0.1, -0.05) is 50.2 Å². The van der Waals surface area contributed by atoms with Gasteiger partial charge in [-0.3, -0.25) is 9.59 Å². The quantitative estimate of drug-likeness (QED) is 0.309. The van der Waals surface area contributed by atoms with Crippen molar-refractivity contribution in [2.45, 2.75) is 33.1 Å². The summed E-state index contributed by atoms with van der Waals surface area (Å²) in [7, 11) is 0. The minimum atomic E-state index is -0.250. The summed E-state index contributed by atoms with van der Waals surface area (Å²) in [6.45, 7) is 6.10. The number of amides is 2. The van der Waals surface area contributed by atoms with Crippen molar-refractivity contribution in [1.82, 2.24) is 4.90 Å². The van der Waals surface area contributed by atoms with Crippen molar-refractivity contribution in [2.75, 3.05) is 25.0 Å². The Labute approximate surface area is 210 Å². The molecule has 0 atom stereocenters. The van der Waals surface area contributed by atoms with Gasteiger partial charge >= 0.3 is 0 Å². The van der Waals surface area contributed by atoms with Crippen LogP contribution in [0.2, 0.25) is 0 Å².